The van der Waals surface area contributed by atoms with Crippen LogP contribution in [0.5, 0.6) is 0 Å². The maximum Gasteiger partial charge on any atom is 0.220 e. The van der Waals surface area contributed by atoms with E-state index in [-0.39, 0.29) is 18.9 Å². The van der Waals surface area contributed by atoms with Crippen molar-refractivity contribution in [3.05, 3.63) is 60.8 Å². The van der Waals surface area contributed by atoms with Gasteiger partial charge in [-0.25, -0.2) is 0 Å². The average Bonchev–Trinajstić information content (AvgIpc) is 3.49. The zero-order valence-corrected chi connectivity index (χ0v) is 47.6. The van der Waals surface area contributed by atoms with Gasteiger partial charge in [0.2, 0.25) is 5.91 Å². The number of aliphatic hydroxyl groups is 11. The number of unbranched alkanes of at least 4 members (excludes halogenated alkanes) is 19. The second-order valence-corrected chi connectivity index (χ2v) is 21.4. The number of rotatable bonds is 43. The van der Waals surface area contributed by atoms with Gasteiger partial charge >= 0.3 is 0 Å². The number of hydrogen-bond acceptors (Lipinski definition) is 18. The Morgan fingerprint density at radius 2 is 0.848 bits per heavy atom. The van der Waals surface area contributed by atoms with Crippen molar-refractivity contribution >= 4 is 5.91 Å². The molecule has 0 aliphatic carbocycles. The van der Waals surface area contributed by atoms with Crippen LogP contribution in [0.2, 0.25) is 0 Å². The number of aliphatic hydroxyl groups excluding tert-OH is 11. The molecule has 79 heavy (non-hydrogen) atoms. The van der Waals surface area contributed by atoms with Crippen molar-refractivity contribution in [2.75, 3.05) is 26.4 Å². The van der Waals surface area contributed by atoms with E-state index in [1.165, 1.54) is 77.0 Å². The van der Waals surface area contributed by atoms with E-state index in [1.807, 2.05) is 6.08 Å². The lowest BCUT2D eigenvalue weighted by atomic mass is 9.96. The summed E-state index contributed by atoms with van der Waals surface area (Å²) < 4.78 is 34.2. The van der Waals surface area contributed by atoms with Gasteiger partial charge in [0.15, 0.2) is 18.9 Å². The second kappa shape index (κ2) is 43.2. The first-order valence-electron chi connectivity index (χ1n) is 30.0. The Balaban J connectivity index is 1.54. The third kappa shape index (κ3) is 27.2. The Morgan fingerprint density at radius 1 is 0.456 bits per heavy atom. The van der Waals surface area contributed by atoms with Crippen LogP contribution in [0.4, 0.5) is 0 Å². The molecule has 12 N–H and O–H groups in total. The number of allylic oxidation sites excluding steroid dienone is 9. The molecule has 3 fully saturated rings. The lowest BCUT2D eigenvalue weighted by Crippen LogP contribution is -2.66. The van der Waals surface area contributed by atoms with Crippen molar-refractivity contribution in [3.63, 3.8) is 0 Å². The maximum absolute atomic E-state index is 13.3. The molecule has 0 radical (unpaired) electrons. The van der Waals surface area contributed by atoms with Crippen molar-refractivity contribution in [2.45, 2.75) is 285 Å². The number of amides is 1. The molecule has 3 aliphatic rings. The summed E-state index contributed by atoms with van der Waals surface area (Å²) in [5.74, 6) is -0.306. The first-order valence-corrected chi connectivity index (χ1v) is 30.0. The summed E-state index contributed by atoms with van der Waals surface area (Å²) in [6.07, 6.45) is 22.0. The number of nitrogens with one attached hydrogen (secondary N) is 1. The van der Waals surface area contributed by atoms with Crippen LogP contribution in [0.1, 0.15) is 181 Å². The second-order valence-electron chi connectivity index (χ2n) is 21.4. The minimum atomic E-state index is -1.98. The lowest BCUT2D eigenvalue weighted by molar-refractivity contribution is -0.379. The van der Waals surface area contributed by atoms with Crippen LogP contribution in [-0.4, -0.2) is 193 Å². The van der Waals surface area contributed by atoms with E-state index in [0.29, 0.717) is 12.8 Å². The van der Waals surface area contributed by atoms with Crippen LogP contribution < -0.4 is 5.32 Å². The van der Waals surface area contributed by atoms with Crippen LogP contribution in [0.3, 0.4) is 0 Å². The molecule has 0 aromatic heterocycles. The molecule has 19 heteroatoms. The Kier molecular flexibility index (Phi) is 38.7. The smallest absolute Gasteiger partial charge is 0.220 e. The van der Waals surface area contributed by atoms with Crippen molar-refractivity contribution in [2.24, 2.45) is 0 Å². The van der Waals surface area contributed by atoms with Gasteiger partial charge < -0.3 is 89.9 Å². The first-order chi connectivity index (χ1) is 38.3. The van der Waals surface area contributed by atoms with E-state index in [2.05, 4.69) is 67.8 Å². The standard InChI is InChI=1S/C60H105NO18/c1-3-5-7-9-11-13-15-17-19-21-22-23-25-27-29-31-33-35-37-44(65)43(61-48(66)38-36-34-32-30-28-26-24-20-18-16-14-12-10-8-6-4-2)42-74-58-54(72)51(69)56(46(40-63)76-58)79-60-55(73)52(70)57(47(41-64)77-60)78-59-53(71)50(68)49(67)45(39-62)75-59/h14,16,20-22,24,27,29,35,37,43-47,49-60,62-65,67-73H,3-13,15,17-19,23,25-26,28,30-34,36,38-42H2,1-2H3,(H,61,66)/b16-14-,22-21+,24-20-,29-27+,37-35+. The van der Waals surface area contributed by atoms with E-state index in [9.17, 15) is 61.0 Å². The Hall–Kier alpha value is -2.51. The van der Waals surface area contributed by atoms with Gasteiger partial charge in [-0.15, -0.1) is 0 Å². The third-order valence-electron chi connectivity index (χ3n) is 14.8. The van der Waals surface area contributed by atoms with Crippen molar-refractivity contribution in [1.29, 1.82) is 0 Å². The van der Waals surface area contributed by atoms with Crippen LogP contribution in [0.25, 0.3) is 0 Å². The number of hydrogen-bond donors (Lipinski definition) is 12. The van der Waals surface area contributed by atoms with Gasteiger partial charge in [-0.1, -0.05) is 158 Å². The fourth-order valence-corrected chi connectivity index (χ4v) is 9.78. The Bertz CT molecular complexity index is 1680. The summed E-state index contributed by atoms with van der Waals surface area (Å²) >= 11 is 0. The number of carbonyl (C=O) groups excluding carboxylic acids is 1. The fourth-order valence-electron chi connectivity index (χ4n) is 9.78. The summed E-state index contributed by atoms with van der Waals surface area (Å²) in [7, 11) is 0. The highest BCUT2D eigenvalue weighted by Crippen LogP contribution is 2.33. The van der Waals surface area contributed by atoms with Crippen LogP contribution in [-0.2, 0) is 33.2 Å². The van der Waals surface area contributed by atoms with Gasteiger partial charge in [-0.2, -0.15) is 0 Å². The van der Waals surface area contributed by atoms with Gasteiger partial charge in [0.1, 0.15) is 73.2 Å². The molecule has 3 heterocycles. The molecule has 3 saturated heterocycles. The summed E-state index contributed by atoms with van der Waals surface area (Å²) in [4.78, 5) is 13.3. The molecule has 17 atom stereocenters. The van der Waals surface area contributed by atoms with E-state index >= 15 is 0 Å². The molecule has 3 aliphatic heterocycles. The molecule has 1 amide bonds. The van der Waals surface area contributed by atoms with Crippen molar-refractivity contribution in [1.82, 2.24) is 5.32 Å². The van der Waals surface area contributed by atoms with Crippen molar-refractivity contribution < 1.29 is 89.4 Å². The summed E-state index contributed by atoms with van der Waals surface area (Å²) in [5, 5.41) is 120. The topological polar surface area (TPSA) is 307 Å². The minimum Gasteiger partial charge on any atom is -0.394 e. The van der Waals surface area contributed by atoms with Crippen molar-refractivity contribution in [3.8, 4) is 0 Å². The normalized spacial score (nSPS) is 30.7. The maximum atomic E-state index is 13.3. The lowest BCUT2D eigenvalue weighted by Gasteiger charge is -2.48. The fraction of sp³-hybridized carbons (Fsp3) is 0.817. The molecule has 0 saturated carbocycles. The largest absolute Gasteiger partial charge is 0.394 e. The highest BCUT2D eigenvalue weighted by molar-refractivity contribution is 5.76. The first kappa shape index (κ1) is 70.8. The predicted molar refractivity (Wildman–Crippen MR) is 300 cm³/mol. The summed E-state index contributed by atoms with van der Waals surface area (Å²) in [6, 6.07) is -1.00. The predicted octanol–water partition coefficient (Wildman–Crippen LogP) is 5.26. The zero-order chi connectivity index (χ0) is 57.6. The highest BCUT2D eigenvalue weighted by Gasteiger charge is 2.53. The molecule has 458 valence electrons. The van der Waals surface area contributed by atoms with Crippen LogP contribution in [0.15, 0.2) is 60.8 Å². The highest BCUT2D eigenvalue weighted by atomic mass is 16.8. The van der Waals surface area contributed by atoms with E-state index < -0.39 is 124 Å². The Labute approximate surface area is 471 Å². The third-order valence-corrected chi connectivity index (χ3v) is 14.8. The molecule has 17 unspecified atom stereocenters. The van der Waals surface area contributed by atoms with E-state index in [0.717, 1.165) is 70.6 Å². The monoisotopic (exact) mass is 1130 g/mol. The molecule has 19 nitrogen and oxygen atoms in total. The molecule has 3 rings (SSSR count). The van der Waals surface area contributed by atoms with Gasteiger partial charge in [-0.3, -0.25) is 4.79 Å². The summed E-state index contributed by atoms with van der Waals surface area (Å²) in [6.45, 7) is 1.64. The van der Waals surface area contributed by atoms with Gasteiger partial charge in [0, 0.05) is 6.42 Å². The molecule has 0 spiro atoms. The number of carbonyl (C=O) groups is 1. The minimum absolute atomic E-state index is 0.214. The zero-order valence-electron chi connectivity index (χ0n) is 47.6. The van der Waals surface area contributed by atoms with Crippen LogP contribution in [0, 0.1) is 0 Å². The van der Waals surface area contributed by atoms with Gasteiger partial charge in [0.25, 0.3) is 0 Å². The van der Waals surface area contributed by atoms with E-state index in [4.69, 9.17) is 28.4 Å². The summed E-state index contributed by atoms with van der Waals surface area (Å²) in [5.41, 5.74) is 0. The molecule has 0 bridgehead atoms. The van der Waals surface area contributed by atoms with E-state index in [1.54, 1.807) is 6.08 Å². The SMILES string of the molecule is CCCCCC/C=C\C/C=C\CCCCCCCC(=O)NC(COC1OC(CO)C(OC2OC(CO)C(OC3OC(CO)C(O)C(O)C3O)C(O)C2O)C(O)C1O)C(O)/C=C/CC/C=C/CC/C=C/CCCCCCCCCC. The van der Waals surface area contributed by atoms with Gasteiger partial charge in [-0.05, 0) is 77.0 Å². The average molecular weight is 1130 g/mol. The number of ether oxygens (including phenoxy) is 6. The van der Waals surface area contributed by atoms with Gasteiger partial charge in [0.05, 0.1) is 38.6 Å². The quantitative estimate of drug-likeness (QED) is 0.0274. The van der Waals surface area contributed by atoms with Crippen LogP contribution >= 0.6 is 0 Å². The molecule has 0 aromatic carbocycles. The molecular weight excluding hydrogens is 1020 g/mol. The Morgan fingerprint density at radius 3 is 1.35 bits per heavy atom. The molecular formula is C60H105NO18. The molecule has 0 aromatic rings.